The van der Waals surface area contributed by atoms with Crippen molar-refractivity contribution in [3.8, 4) is 22.3 Å². The normalized spacial score (nSPS) is 13.4. The molecule has 4 aromatic rings. The van der Waals surface area contributed by atoms with Gasteiger partial charge in [-0.1, -0.05) is 12.1 Å². The summed E-state index contributed by atoms with van der Waals surface area (Å²) < 4.78 is 78.3. The predicted octanol–water partition coefficient (Wildman–Crippen LogP) is 6.62. The molecule has 2 heterocycles. The highest BCUT2D eigenvalue weighted by atomic mass is 19.4. The number of fused-ring (bicyclic) bond motifs is 2. The first-order chi connectivity index (χ1) is 16.9. The summed E-state index contributed by atoms with van der Waals surface area (Å²) in [5.41, 5.74) is -1.14. The number of ketones is 2. The summed E-state index contributed by atoms with van der Waals surface area (Å²) in [5.74, 6) is -1.05. The van der Waals surface area contributed by atoms with Gasteiger partial charge in [-0.2, -0.15) is 26.3 Å². The summed E-state index contributed by atoms with van der Waals surface area (Å²) in [4.78, 5) is 33.0. The van der Waals surface area contributed by atoms with E-state index in [0.29, 0.717) is 11.1 Å². The topological polar surface area (TPSA) is 59.9 Å². The fraction of sp³-hybridized carbons (Fsp3) is 0.0769. The minimum absolute atomic E-state index is 0.0198. The van der Waals surface area contributed by atoms with Crippen LogP contribution in [0.4, 0.5) is 26.3 Å². The van der Waals surface area contributed by atoms with Crippen LogP contribution in [0.1, 0.15) is 43.2 Å². The summed E-state index contributed by atoms with van der Waals surface area (Å²) in [6.07, 6.45) is -7.29. The summed E-state index contributed by atoms with van der Waals surface area (Å²) in [6, 6.07) is 12.7. The number of alkyl halides is 6. The second kappa shape index (κ2) is 8.11. The molecular weight excluding hydrogens is 486 g/mol. The van der Waals surface area contributed by atoms with Crippen LogP contribution >= 0.6 is 0 Å². The molecule has 0 N–H and O–H groups in total. The molecule has 10 heteroatoms. The molecule has 0 aliphatic heterocycles. The highest BCUT2D eigenvalue weighted by molar-refractivity contribution is 6.29. The zero-order chi connectivity index (χ0) is 25.8. The first-order valence-electron chi connectivity index (χ1n) is 10.4. The van der Waals surface area contributed by atoms with E-state index >= 15 is 0 Å². The molecule has 180 valence electrons. The third-order valence-electron chi connectivity index (χ3n) is 5.79. The molecule has 0 spiro atoms. The Bertz CT molecular complexity index is 1440. The van der Waals surface area contributed by atoms with Crippen molar-refractivity contribution in [3.63, 3.8) is 0 Å². The van der Waals surface area contributed by atoms with Crippen molar-refractivity contribution < 1.29 is 35.9 Å². The number of aromatic nitrogens is 2. The molecule has 0 amide bonds. The average molecular weight is 498 g/mol. The van der Waals surface area contributed by atoms with Gasteiger partial charge in [-0.05, 0) is 70.8 Å². The second-order valence-corrected chi connectivity index (χ2v) is 8.03. The number of benzene rings is 2. The van der Waals surface area contributed by atoms with Gasteiger partial charge in [0.05, 0.1) is 0 Å². The largest absolute Gasteiger partial charge is 0.433 e. The highest BCUT2D eigenvalue weighted by Crippen LogP contribution is 2.36. The number of hydrogen-bond donors (Lipinski definition) is 0. The van der Waals surface area contributed by atoms with Gasteiger partial charge in [0, 0.05) is 34.6 Å². The third-order valence-corrected chi connectivity index (χ3v) is 5.79. The lowest BCUT2D eigenvalue weighted by molar-refractivity contribution is -0.141. The second-order valence-electron chi connectivity index (χ2n) is 8.03. The van der Waals surface area contributed by atoms with Gasteiger partial charge in [0.25, 0.3) is 0 Å². The molecule has 0 saturated carbocycles. The van der Waals surface area contributed by atoms with Crippen LogP contribution in [0.15, 0.2) is 73.1 Å². The Kier molecular flexibility index (Phi) is 5.27. The van der Waals surface area contributed by atoms with Crippen molar-refractivity contribution in [2.45, 2.75) is 12.4 Å². The van der Waals surface area contributed by atoms with E-state index in [9.17, 15) is 35.9 Å². The van der Waals surface area contributed by atoms with Crippen LogP contribution in [-0.2, 0) is 12.4 Å². The molecule has 4 nitrogen and oxygen atoms in total. The van der Waals surface area contributed by atoms with E-state index in [0.717, 1.165) is 24.5 Å². The van der Waals surface area contributed by atoms with Crippen molar-refractivity contribution in [2.24, 2.45) is 0 Å². The minimum Gasteiger partial charge on any atom is -0.289 e. The lowest BCUT2D eigenvalue weighted by Gasteiger charge is -2.19. The van der Waals surface area contributed by atoms with E-state index in [4.69, 9.17) is 0 Å². The average Bonchev–Trinajstić information content (AvgIpc) is 2.86. The Morgan fingerprint density at radius 3 is 1.19 bits per heavy atom. The van der Waals surface area contributed by atoms with Crippen molar-refractivity contribution in [1.82, 2.24) is 9.97 Å². The van der Waals surface area contributed by atoms with Crippen LogP contribution in [-0.4, -0.2) is 21.5 Å². The van der Waals surface area contributed by atoms with Crippen molar-refractivity contribution in [2.75, 3.05) is 0 Å². The SMILES string of the molecule is O=C1c2ccc(-c3ccnc(C(F)(F)F)c3)cc2C(=O)c2ccc(-c3ccnc(C(F)(F)F)c3)cc21. The molecule has 2 aromatic carbocycles. The van der Waals surface area contributed by atoms with Crippen LogP contribution in [0.5, 0.6) is 0 Å². The summed E-state index contributed by atoms with van der Waals surface area (Å²) >= 11 is 0. The van der Waals surface area contributed by atoms with Gasteiger partial charge < -0.3 is 0 Å². The Labute approximate surface area is 199 Å². The maximum atomic E-state index is 13.2. The number of hydrogen-bond acceptors (Lipinski definition) is 4. The fourth-order valence-corrected chi connectivity index (χ4v) is 4.04. The van der Waals surface area contributed by atoms with Crippen LogP contribution in [0, 0.1) is 0 Å². The molecule has 0 bridgehead atoms. The first-order valence-corrected chi connectivity index (χ1v) is 10.4. The van der Waals surface area contributed by atoms with Gasteiger partial charge in [-0.15, -0.1) is 0 Å². The van der Waals surface area contributed by atoms with Gasteiger partial charge in [0.2, 0.25) is 0 Å². The molecule has 0 unspecified atom stereocenters. The molecule has 5 rings (SSSR count). The monoisotopic (exact) mass is 498 g/mol. The standard InChI is InChI=1S/C26H12F6N2O2/c27-25(28,29)21-11-15(5-7-33-21)13-1-3-17-19(9-13)24(36)18-4-2-14(10-20(18)23(17)35)16-6-8-34-22(12-16)26(30,31)32/h1-12H. The van der Waals surface area contributed by atoms with Crippen LogP contribution in [0.25, 0.3) is 22.3 Å². The van der Waals surface area contributed by atoms with Gasteiger partial charge in [-0.25, -0.2) is 0 Å². The predicted molar refractivity (Wildman–Crippen MR) is 116 cm³/mol. The molecule has 2 aromatic heterocycles. The Morgan fingerprint density at radius 2 is 0.833 bits per heavy atom. The smallest absolute Gasteiger partial charge is 0.289 e. The summed E-state index contributed by atoms with van der Waals surface area (Å²) in [5, 5.41) is 0. The minimum atomic E-state index is -4.65. The first kappa shape index (κ1) is 23.4. The number of carbonyl (C=O) groups is 2. The molecular formula is C26H12F6N2O2. The van der Waals surface area contributed by atoms with Crippen molar-refractivity contribution in [1.29, 1.82) is 0 Å². The van der Waals surface area contributed by atoms with Gasteiger partial charge in [-0.3, -0.25) is 19.6 Å². The molecule has 1 aliphatic carbocycles. The Hall–Kier alpha value is -4.34. The van der Waals surface area contributed by atoms with E-state index in [1.165, 1.54) is 48.5 Å². The molecule has 0 radical (unpaired) electrons. The van der Waals surface area contributed by atoms with E-state index in [2.05, 4.69) is 9.97 Å². The molecule has 0 atom stereocenters. The van der Waals surface area contributed by atoms with Gasteiger partial charge in [0.15, 0.2) is 11.6 Å². The molecule has 36 heavy (non-hydrogen) atoms. The lowest BCUT2D eigenvalue weighted by atomic mass is 9.81. The molecule has 0 fully saturated rings. The number of pyridine rings is 2. The van der Waals surface area contributed by atoms with E-state index < -0.39 is 35.3 Å². The van der Waals surface area contributed by atoms with Crippen LogP contribution < -0.4 is 0 Å². The van der Waals surface area contributed by atoms with E-state index in [1.54, 1.807) is 0 Å². The number of halogens is 6. The van der Waals surface area contributed by atoms with Crippen molar-refractivity contribution in [3.05, 3.63) is 107 Å². The van der Waals surface area contributed by atoms with Crippen LogP contribution in [0.3, 0.4) is 0 Å². The Morgan fingerprint density at radius 1 is 0.472 bits per heavy atom. The van der Waals surface area contributed by atoms with Gasteiger partial charge >= 0.3 is 12.4 Å². The maximum absolute atomic E-state index is 13.2. The van der Waals surface area contributed by atoms with E-state index in [-0.39, 0.29) is 33.4 Å². The molecule has 1 aliphatic rings. The number of carbonyl (C=O) groups excluding carboxylic acids is 2. The zero-order valence-corrected chi connectivity index (χ0v) is 17.9. The fourth-order valence-electron chi connectivity index (χ4n) is 4.04. The third kappa shape index (κ3) is 4.04. The summed E-state index contributed by atoms with van der Waals surface area (Å²) in [7, 11) is 0. The number of rotatable bonds is 2. The van der Waals surface area contributed by atoms with Crippen molar-refractivity contribution >= 4 is 11.6 Å². The number of nitrogens with zero attached hydrogens (tertiary/aromatic N) is 2. The van der Waals surface area contributed by atoms with E-state index in [1.807, 2.05) is 0 Å². The maximum Gasteiger partial charge on any atom is 0.433 e. The lowest BCUT2D eigenvalue weighted by Crippen LogP contribution is -2.21. The molecule has 0 saturated heterocycles. The zero-order valence-electron chi connectivity index (χ0n) is 17.9. The highest BCUT2D eigenvalue weighted by Gasteiger charge is 2.34. The summed E-state index contributed by atoms with van der Waals surface area (Å²) in [6.45, 7) is 0. The van der Waals surface area contributed by atoms with Crippen LogP contribution in [0.2, 0.25) is 0 Å². The Balaban J connectivity index is 1.55. The van der Waals surface area contributed by atoms with Gasteiger partial charge in [0.1, 0.15) is 11.4 Å². The quantitative estimate of drug-likeness (QED) is 0.257.